The number of carbonyl (C=O) groups excluding carboxylic acids is 1. The Labute approximate surface area is 136 Å². The Bertz CT molecular complexity index is 506. The van der Waals surface area contributed by atoms with Gasteiger partial charge in [-0.05, 0) is 57.0 Å². The maximum atomic E-state index is 12.1. The van der Waals surface area contributed by atoms with Gasteiger partial charge in [0.2, 0.25) is 0 Å². The molecule has 120 valence electrons. The summed E-state index contributed by atoms with van der Waals surface area (Å²) < 4.78 is 5.50. The molecule has 0 radical (unpaired) electrons. The Balaban J connectivity index is 1.47. The number of carbonyl (C=O) groups is 1. The van der Waals surface area contributed by atoms with Gasteiger partial charge in [0.25, 0.3) is 5.91 Å². The second-order valence-electron chi connectivity index (χ2n) is 6.38. The molecule has 2 heterocycles. The first kappa shape index (κ1) is 15.6. The summed E-state index contributed by atoms with van der Waals surface area (Å²) in [6.07, 6.45) is 5.93. The Hall–Kier alpha value is -1.26. The molecule has 2 saturated heterocycles. The van der Waals surface area contributed by atoms with Gasteiger partial charge in [0.1, 0.15) is 5.75 Å². The number of hydrogen-bond donors (Lipinski definition) is 1. The average Bonchev–Trinajstić information content (AvgIpc) is 2.48. The first-order valence-electron chi connectivity index (χ1n) is 8.01. The summed E-state index contributed by atoms with van der Waals surface area (Å²) in [5.41, 5.74) is 0. The predicted octanol–water partition coefficient (Wildman–Crippen LogP) is 2.85. The van der Waals surface area contributed by atoms with Crippen LogP contribution in [0.2, 0.25) is 5.02 Å². The van der Waals surface area contributed by atoms with Gasteiger partial charge in [-0.3, -0.25) is 4.79 Å². The Morgan fingerprint density at radius 2 is 1.91 bits per heavy atom. The molecule has 0 aromatic heterocycles. The van der Waals surface area contributed by atoms with Gasteiger partial charge in [0.15, 0.2) is 6.61 Å². The van der Waals surface area contributed by atoms with Crippen molar-refractivity contribution in [1.29, 1.82) is 0 Å². The van der Waals surface area contributed by atoms with Crippen LogP contribution in [-0.4, -0.2) is 42.6 Å². The van der Waals surface area contributed by atoms with Crippen LogP contribution in [0.4, 0.5) is 0 Å². The molecule has 2 aliphatic rings. The number of nitrogens with zero attached hydrogens (tertiary/aromatic N) is 1. The third-order valence-corrected chi connectivity index (χ3v) is 5.14. The number of nitrogens with one attached hydrogen (secondary N) is 1. The highest BCUT2D eigenvalue weighted by molar-refractivity contribution is 6.30. The lowest BCUT2D eigenvalue weighted by molar-refractivity contribution is -0.124. The standard InChI is InChI=1S/C17H23ClN2O2/c1-20-14-3-2-4-15(20)10-13(9-14)19-17(21)11-22-16-7-5-12(18)6-8-16/h5-8,13-15H,2-4,9-11H2,1H3,(H,19,21). The molecule has 3 rings (SSSR count). The van der Waals surface area contributed by atoms with Gasteiger partial charge >= 0.3 is 0 Å². The number of benzene rings is 1. The lowest BCUT2D eigenvalue weighted by atomic mass is 9.82. The molecular formula is C17H23ClN2O2. The fourth-order valence-corrected chi connectivity index (χ4v) is 3.81. The first-order chi connectivity index (χ1) is 10.6. The highest BCUT2D eigenvalue weighted by Crippen LogP contribution is 2.32. The van der Waals surface area contributed by atoms with Crippen molar-refractivity contribution in [2.45, 2.75) is 50.2 Å². The van der Waals surface area contributed by atoms with Crippen LogP contribution in [-0.2, 0) is 4.79 Å². The molecule has 0 spiro atoms. The van der Waals surface area contributed by atoms with Crippen LogP contribution in [0.25, 0.3) is 0 Å². The summed E-state index contributed by atoms with van der Waals surface area (Å²) >= 11 is 5.82. The summed E-state index contributed by atoms with van der Waals surface area (Å²) in [6, 6.07) is 8.59. The van der Waals surface area contributed by atoms with Crippen LogP contribution in [0.15, 0.2) is 24.3 Å². The zero-order valence-electron chi connectivity index (χ0n) is 12.9. The smallest absolute Gasteiger partial charge is 0.258 e. The molecule has 1 amide bonds. The second-order valence-corrected chi connectivity index (χ2v) is 6.82. The summed E-state index contributed by atoms with van der Waals surface area (Å²) in [5, 5.41) is 3.79. The van der Waals surface area contributed by atoms with Crippen LogP contribution < -0.4 is 10.1 Å². The van der Waals surface area contributed by atoms with Gasteiger partial charge in [-0.25, -0.2) is 0 Å². The second kappa shape index (κ2) is 6.88. The van der Waals surface area contributed by atoms with E-state index < -0.39 is 0 Å². The molecule has 2 unspecified atom stereocenters. The van der Waals surface area contributed by atoms with E-state index in [0.717, 1.165) is 12.8 Å². The highest BCUT2D eigenvalue weighted by Gasteiger charge is 2.36. The number of piperidine rings is 2. The van der Waals surface area contributed by atoms with E-state index in [9.17, 15) is 4.79 Å². The Morgan fingerprint density at radius 3 is 2.55 bits per heavy atom. The van der Waals surface area contributed by atoms with Crippen LogP contribution in [0.1, 0.15) is 32.1 Å². The lowest BCUT2D eigenvalue weighted by Crippen LogP contribution is -2.55. The van der Waals surface area contributed by atoms with Gasteiger partial charge in [-0.15, -0.1) is 0 Å². The summed E-state index contributed by atoms with van der Waals surface area (Å²) in [6.45, 7) is 0.0588. The van der Waals surface area contributed by atoms with Crippen LogP contribution in [0.3, 0.4) is 0 Å². The Morgan fingerprint density at radius 1 is 1.27 bits per heavy atom. The zero-order chi connectivity index (χ0) is 15.5. The van der Waals surface area contributed by atoms with E-state index in [2.05, 4.69) is 17.3 Å². The number of amides is 1. The normalized spacial score (nSPS) is 28.2. The third-order valence-electron chi connectivity index (χ3n) is 4.89. The number of rotatable bonds is 4. The topological polar surface area (TPSA) is 41.6 Å². The lowest BCUT2D eigenvalue weighted by Gasteiger charge is -2.47. The number of ether oxygens (including phenoxy) is 1. The molecular weight excluding hydrogens is 300 g/mol. The van der Waals surface area contributed by atoms with E-state index in [0.29, 0.717) is 22.9 Å². The van der Waals surface area contributed by atoms with Crippen molar-refractivity contribution in [3.63, 3.8) is 0 Å². The van der Waals surface area contributed by atoms with Crippen molar-refractivity contribution >= 4 is 17.5 Å². The predicted molar refractivity (Wildman–Crippen MR) is 87.3 cm³/mol. The van der Waals surface area contributed by atoms with Gasteiger partial charge in [-0.2, -0.15) is 0 Å². The third kappa shape index (κ3) is 3.73. The molecule has 2 fully saturated rings. The van der Waals surface area contributed by atoms with Crippen molar-refractivity contribution in [2.24, 2.45) is 0 Å². The first-order valence-corrected chi connectivity index (χ1v) is 8.39. The molecule has 2 atom stereocenters. The SMILES string of the molecule is CN1C2CCCC1CC(NC(=O)COc1ccc(Cl)cc1)C2. The number of halogens is 1. The van der Waals surface area contributed by atoms with E-state index in [1.165, 1.54) is 19.3 Å². The average molecular weight is 323 g/mol. The van der Waals surface area contributed by atoms with Gasteiger partial charge in [0, 0.05) is 23.1 Å². The van der Waals surface area contributed by atoms with Crippen molar-refractivity contribution in [3.8, 4) is 5.75 Å². The van der Waals surface area contributed by atoms with Crippen molar-refractivity contribution < 1.29 is 9.53 Å². The minimum Gasteiger partial charge on any atom is -0.484 e. The highest BCUT2D eigenvalue weighted by atomic mass is 35.5. The van der Waals surface area contributed by atoms with Gasteiger partial charge < -0.3 is 15.0 Å². The van der Waals surface area contributed by atoms with Crippen LogP contribution in [0.5, 0.6) is 5.75 Å². The minimum absolute atomic E-state index is 0.0393. The summed E-state index contributed by atoms with van der Waals surface area (Å²) in [7, 11) is 2.22. The monoisotopic (exact) mass is 322 g/mol. The zero-order valence-corrected chi connectivity index (χ0v) is 13.7. The van der Waals surface area contributed by atoms with E-state index in [4.69, 9.17) is 16.3 Å². The van der Waals surface area contributed by atoms with Crippen LogP contribution >= 0.6 is 11.6 Å². The maximum absolute atomic E-state index is 12.1. The number of fused-ring (bicyclic) bond motifs is 2. The molecule has 1 aromatic rings. The van der Waals surface area contributed by atoms with Crippen LogP contribution in [0, 0.1) is 0 Å². The quantitative estimate of drug-likeness (QED) is 0.926. The van der Waals surface area contributed by atoms with Crippen molar-refractivity contribution in [3.05, 3.63) is 29.3 Å². The summed E-state index contributed by atoms with van der Waals surface area (Å²) in [4.78, 5) is 14.6. The largest absolute Gasteiger partial charge is 0.484 e. The Kier molecular flexibility index (Phi) is 4.89. The molecule has 1 N–H and O–H groups in total. The molecule has 1 aromatic carbocycles. The molecule has 0 saturated carbocycles. The molecule has 4 nitrogen and oxygen atoms in total. The van der Waals surface area contributed by atoms with E-state index in [-0.39, 0.29) is 18.6 Å². The fourth-order valence-electron chi connectivity index (χ4n) is 3.68. The summed E-state index contributed by atoms with van der Waals surface area (Å²) in [5.74, 6) is 0.627. The molecule has 22 heavy (non-hydrogen) atoms. The fraction of sp³-hybridized carbons (Fsp3) is 0.588. The van der Waals surface area contributed by atoms with E-state index in [1.807, 2.05) is 0 Å². The van der Waals surface area contributed by atoms with E-state index >= 15 is 0 Å². The molecule has 0 aliphatic carbocycles. The van der Waals surface area contributed by atoms with E-state index in [1.54, 1.807) is 24.3 Å². The van der Waals surface area contributed by atoms with Crippen molar-refractivity contribution in [2.75, 3.05) is 13.7 Å². The molecule has 5 heteroatoms. The minimum atomic E-state index is -0.0393. The number of hydrogen-bond acceptors (Lipinski definition) is 3. The maximum Gasteiger partial charge on any atom is 0.258 e. The van der Waals surface area contributed by atoms with Gasteiger partial charge in [0.05, 0.1) is 0 Å². The molecule has 2 bridgehead atoms. The van der Waals surface area contributed by atoms with Gasteiger partial charge in [-0.1, -0.05) is 18.0 Å². The van der Waals surface area contributed by atoms with Crippen molar-refractivity contribution in [1.82, 2.24) is 10.2 Å². The molecule has 2 aliphatic heterocycles.